The minimum absolute atomic E-state index is 0.0370. The Kier molecular flexibility index (Phi) is 6.75. The number of esters is 1. The fraction of sp³-hybridized carbons (Fsp3) is 0.130. The van der Waals surface area contributed by atoms with E-state index in [1.165, 1.54) is 54.9 Å². The van der Waals surface area contributed by atoms with E-state index in [4.69, 9.17) is 4.74 Å². The number of sulfonamides is 1. The fourth-order valence-corrected chi connectivity index (χ4v) is 4.30. The maximum Gasteiger partial charge on any atom is 0.418 e. The molecule has 13 heteroatoms. The number of nitrogens with one attached hydrogen (secondary N) is 2. The molecule has 0 saturated heterocycles. The normalized spacial score (nSPS) is 11.8. The monoisotopic (exact) mass is 517 g/mol. The van der Waals surface area contributed by atoms with Gasteiger partial charge in [0, 0.05) is 29.7 Å². The van der Waals surface area contributed by atoms with Crippen LogP contribution in [0.4, 0.5) is 30.5 Å². The van der Waals surface area contributed by atoms with Crippen LogP contribution in [-0.4, -0.2) is 35.9 Å². The number of alkyl halides is 3. The first kappa shape index (κ1) is 24.9. The third kappa shape index (κ3) is 5.20. The summed E-state index contributed by atoms with van der Waals surface area (Å²) >= 11 is 0. The van der Waals surface area contributed by atoms with Gasteiger partial charge in [-0.25, -0.2) is 27.9 Å². The summed E-state index contributed by atoms with van der Waals surface area (Å²) in [6, 6.07) is 10.4. The number of aromatic nitrogens is 3. The van der Waals surface area contributed by atoms with Crippen LogP contribution in [-0.2, 0) is 20.9 Å². The topological polar surface area (TPSA) is 123 Å². The van der Waals surface area contributed by atoms with Gasteiger partial charge >= 0.3 is 12.1 Å². The molecule has 36 heavy (non-hydrogen) atoms. The van der Waals surface area contributed by atoms with Crippen molar-refractivity contribution in [3.05, 3.63) is 78.2 Å². The molecule has 9 nitrogen and oxygen atoms in total. The molecule has 0 radical (unpaired) electrons. The molecule has 2 aromatic carbocycles. The smallest absolute Gasteiger partial charge is 0.418 e. The van der Waals surface area contributed by atoms with Gasteiger partial charge in [0.1, 0.15) is 5.56 Å². The zero-order valence-electron chi connectivity index (χ0n) is 18.6. The van der Waals surface area contributed by atoms with Crippen LogP contribution in [0.1, 0.15) is 22.8 Å². The summed E-state index contributed by atoms with van der Waals surface area (Å²) in [5.41, 5.74) is -1.06. The van der Waals surface area contributed by atoms with E-state index in [1.807, 2.05) is 0 Å². The van der Waals surface area contributed by atoms with Gasteiger partial charge in [-0.2, -0.15) is 13.2 Å². The average molecular weight is 517 g/mol. The van der Waals surface area contributed by atoms with E-state index in [0.717, 1.165) is 12.3 Å². The Balaban J connectivity index is 1.73. The maximum absolute atomic E-state index is 13.5. The number of para-hydroxylation sites is 1. The highest BCUT2D eigenvalue weighted by molar-refractivity contribution is 7.92. The van der Waals surface area contributed by atoms with Crippen molar-refractivity contribution in [1.29, 1.82) is 0 Å². The fourth-order valence-electron chi connectivity index (χ4n) is 3.34. The van der Waals surface area contributed by atoms with Crippen molar-refractivity contribution in [3.8, 4) is 0 Å². The molecule has 0 spiro atoms. The largest absolute Gasteiger partial charge is 0.462 e. The number of anilines is 3. The number of halogens is 3. The molecule has 2 N–H and O–H groups in total. The van der Waals surface area contributed by atoms with Gasteiger partial charge in [0.05, 0.1) is 28.3 Å². The molecule has 0 aliphatic heterocycles. The number of rotatable bonds is 7. The molecule has 0 amide bonds. The summed E-state index contributed by atoms with van der Waals surface area (Å²) in [5, 5.41) is 2.95. The summed E-state index contributed by atoms with van der Waals surface area (Å²) in [5.74, 6) is -0.888. The van der Waals surface area contributed by atoms with Crippen molar-refractivity contribution in [2.45, 2.75) is 18.0 Å². The van der Waals surface area contributed by atoms with Crippen molar-refractivity contribution < 1.29 is 31.1 Å². The lowest BCUT2D eigenvalue weighted by Gasteiger charge is -2.17. The van der Waals surface area contributed by atoms with Crippen LogP contribution in [0.3, 0.4) is 0 Å². The molecule has 2 heterocycles. The highest BCUT2D eigenvalue weighted by atomic mass is 32.2. The molecular formula is C23H18F3N5O4S. The lowest BCUT2D eigenvalue weighted by atomic mass is 10.0. The molecule has 0 fully saturated rings. The number of nitrogens with zero attached hydrogens (tertiary/aromatic N) is 3. The molecular weight excluding hydrogens is 499 g/mol. The summed E-state index contributed by atoms with van der Waals surface area (Å²) in [4.78, 5) is 23.9. The van der Waals surface area contributed by atoms with Crippen molar-refractivity contribution >= 4 is 44.2 Å². The van der Waals surface area contributed by atoms with Crippen molar-refractivity contribution in [3.63, 3.8) is 0 Å². The second-order valence-electron chi connectivity index (χ2n) is 7.29. The first-order valence-electron chi connectivity index (χ1n) is 10.4. The zero-order chi connectivity index (χ0) is 25.9. The van der Waals surface area contributed by atoms with Gasteiger partial charge in [0.2, 0.25) is 5.95 Å². The average Bonchev–Trinajstić information content (AvgIpc) is 2.84. The Morgan fingerprint density at radius 1 is 1.00 bits per heavy atom. The van der Waals surface area contributed by atoms with E-state index in [0.29, 0.717) is 5.69 Å². The summed E-state index contributed by atoms with van der Waals surface area (Å²) < 4.78 is 73.1. The number of carbonyl (C=O) groups is 1. The van der Waals surface area contributed by atoms with E-state index in [9.17, 15) is 26.4 Å². The standard InChI is InChI=1S/C23H18F3N5O4S/c1-2-35-21(32)17-13-29-20-16(5-3-6-18(20)23(24,25)26)19(17)30-14-7-9-15(10-8-14)36(33,34)31-22-27-11-4-12-28-22/h3-13H,2H2,1H3,(H,29,30)(H,27,28,31). The first-order valence-corrected chi connectivity index (χ1v) is 11.9. The van der Waals surface area contributed by atoms with E-state index in [-0.39, 0.29) is 39.6 Å². The minimum Gasteiger partial charge on any atom is -0.462 e. The molecule has 0 aliphatic carbocycles. The van der Waals surface area contributed by atoms with Crippen LogP contribution in [0.2, 0.25) is 0 Å². The van der Waals surface area contributed by atoms with Crippen LogP contribution in [0.5, 0.6) is 0 Å². The van der Waals surface area contributed by atoms with E-state index < -0.39 is 27.7 Å². The number of hydrogen-bond donors (Lipinski definition) is 2. The van der Waals surface area contributed by atoms with Gasteiger partial charge in [-0.3, -0.25) is 4.98 Å². The second kappa shape index (κ2) is 9.77. The molecule has 186 valence electrons. The molecule has 4 rings (SSSR count). The Morgan fingerprint density at radius 2 is 1.69 bits per heavy atom. The SMILES string of the molecule is CCOC(=O)c1cnc2c(C(F)(F)F)cccc2c1Nc1ccc(S(=O)(=O)Nc2ncccn2)cc1. The molecule has 0 saturated carbocycles. The molecule has 4 aromatic rings. The Labute approximate surface area is 203 Å². The Hall–Kier alpha value is -4.26. The first-order chi connectivity index (χ1) is 17.1. The quantitative estimate of drug-likeness (QED) is 0.336. The third-order valence-corrected chi connectivity index (χ3v) is 6.27. The number of benzene rings is 2. The van der Waals surface area contributed by atoms with Gasteiger partial charge in [-0.05, 0) is 43.3 Å². The van der Waals surface area contributed by atoms with Crippen molar-refractivity contribution in [2.24, 2.45) is 0 Å². The van der Waals surface area contributed by atoms with Crippen LogP contribution in [0.15, 0.2) is 72.0 Å². The van der Waals surface area contributed by atoms with Gasteiger partial charge < -0.3 is 10.1 Å². The van der Waals surface area contributed by atoms with Crippen LogP contribution in [0.25, 0.3) is 10.9 Å². The molecule has 0 unspecified atom stereocenters. The van der Waals surface area contributed by atoms with Crippen LogP contribution < -0.4 is 10.0 Å². The van der Waals surface area contributed by atoms with Crippen molar-refractivity contribution in [1.82, 2.24) is 15.0 Å². The maximum atomic E-state index is 13.5. The zero-order valence-corrected chi connectivity index (χ0v) is 19.4. The van der Waals surface area contributed by atoms with Gasteiger partial charge in [-0.1, -0.05) is 12.1 Å². The number of hydrogen-bond acceptors (Lipinski definition) is 8. The number of ether oxygens (including phenoxy) is 1. The molecule has 2 aromatic heterocycles. The van der Waals surface area contributed by atoms with Gasteiger partial charge in [0.15, 0.2) is 0 Å². The van der Waals surface area contributed by atoms with E-state index >= 15 is 0 Å². The second-order valence-corrected chi connectivity index (χ2v) is 8.98. The third-order valence-electron chi connectivity index (χ3n) is 4.92. The predicted octanol–water partition coefficient (Wildman–Crippen LogP) is 4.76. The van der Waals surface area contributed by atoms with Crippen molar-refractivity contribution in [2.75, 3.05) is 16.6 Å². The van der Waals surface area contributed by atoms with Crippen LogP contribution >= 0.6 is 0 Å². The lowest BCUT2D eigenvalue weighted by Crippen LogP contribution is -2.15. The summed E-state index contributed by atoms with van der Waals surface area (Å²) in [6.45, 7) is 1.64. The predicted molar refractivity (Wildman–Crippen MR) is 125 cm³/mol. The molecule has 0 bridgehead atoms. The van der Waals surface area contributed by atoms with E-state index in [2.05, 4.69) is 25.0 Å². The minimum atomic E-state index is -4.67. The van der Waals surface area contributed by atoms with Gasteiger partial charge in [0.25, 0.3) is 10.0 Å². The van der Waals surface area contributed by atoms with E-state index in [1.54, 1.807) is 6.92 Å². The lowest BCUT2D eigenvalue weighted by molar-refractivity contribution is -0.136. The number of pyridine rings is 1. The van der Waals surface area contributed by atoms with Crippen LogP contribution in [0, 0.1) is 0 Å². The number of carbonyl (C=O) groups excluding carboxylic acids is 1. The molecule has 0 aliphatic rings. The number of fused-ring (bicyclic) bond motifs is 1. The Bertz CT molecular complexity index is 1510. The highest BCUT2D eigenvalue weighted by Crippen LogP contribution is 2.38. The Morgan fingerprint density at radius 3 is 2.33 bits per heavy atom. The summed E-state index contributed by atoms with van der Waals surface area (Å²) in [7, 11) is -4.00. The summed E-state index contributed by atoms with van der Waals surface area (Å²) in [6.07, 6.45) is -0.897. The highest BCUT2D eigenvalue weighted by Gasteiger charge is 2.34. The van der Waals surface area contributed by atoms with Gasteiger partial charge in [-0.15, -0.1) is 0 Å². The molecule has 0 atom stereocenters.